The molecular weight excluding hydrogens is 346 g/mol. The maximum atomic E-state index is 6.17. The molecule has 0 unspecified atom stereocenters. The molecule has 21 heavy (non-hydrogen) atoms. The smallest absolute Gasteiger partial charge is 0.125 e. The van der Waals surface area contributed by atoms with Gasteiger partial charge in [0.25, 0.3) is 0 Å². The standard InChI is InChI=1S/C17H20BrNOS/c1-2-20-17(10-6-3-7-11-17)16-19-15(12-21-16)13-8-4-5-9-14(13)18/h4-5,8-9,12H,2-3,6-7,10-11H2,1H3. The molecule has 1 fully saturated rings. The first-order valence-corrected chi connectivity index (χ1v) is 9.27. The van der Waals surface area contributed by atoms with E-state index in [4.69, 9.17) is 9.72 Å². The number of aromatic nitrogens is 1. The monoisotopic (exact) mass is 365 g/mol. The number of ether oxygens (including phenoxy) is 1. The van der Waals surface area contributed by atoms with Crippen molar-refractivity contribution in [2.45, 2.75) is 44.6 Å². The minimum absolute atomic E-state index is 0.142. The van der Waals surface area contributed by atoms with Crippen LogP contribution in [0.3, 0.4) is 0 Å². The van der Waals surface area contributed by atoms with Gasteiger partial charge in [-0.3, -0.25) is 0 Å². The molecule has 0 bridgehead atoms. The largest absolute Gasteiger partial charge is 0.368 e. The van der Waals surface area contributed by atoms with Crippen LogP contribution >= 0.6 is 27.3 Å². The first kappa shape index (κ1) is 15.2. The third kappa shape index (κ3) is 3.08. The maximum Gasteiger partial charge on any atom is 0.125 e. The van der Waals surface area contributed by atoms with Crippen LogP contribution in [0, 0.1) is 0 Å². The van der Waals surface area contributed by atoms with Crippen molar-refractivity contribution < 1.29 is 4.74 Å². The summed E-state index contributed by atoms with van der Waals surface area (Å²) < 4.78 is 7.27. The first-order chi connectivity index (χ1) is 10.2. The molecule has 0 radical (unpaired) electrons. The van der Waals surface area contributed by atoms with Gasteiger partial charge in [-0.1, -0.05) is 53.4 Å². The summed E-state index contributed by atoms with van der Waals surface area (Å²) in [5, 5.41) is 3.31. The van der Waals surface area contributed by atoms with Crippen LogP contribution < -0.4 is 0 Å². The van der Waals surface area contributed by atoms with E-state index < -0.39 is 0 Å². The maximum absolute atomic E-state index is 6.17. The minimum Gasteiger partial charge on any atom is -0.368 e. The van der Waals surface area contributed by atoms with E-state index in [1.165, 1.54) is 19.3 Å². The molecule has 0 N–H and O–H groups in total. The van der Waals surface area contributed by atoms with Crippen LogP contribution in [0.4, 0.5) is 0 Å². The summed E-state index contributed by atoms with van der Waals surface area (Å²) in [6.45, 7) is 2.84. The number of hydrogen-bond acceptors (Lipinski definition) is 3. The van der Waals surface area contributed by atoms with Crippen molar-refractivity contribution in [2.75, 3.05) is 6.61 Å². The zero-order valence-electron chi connectivity index (χ0n) is 12.3. The second kappa shape index (κ2) is 6.59. The average Bonchev–Trinajstić information content (AvgIpc) is 2.99. The zero-order chi connectivity index (χ0) is 14.7. The molecule has 3 rings (SSSR count). The van der Waals surface area contributed by atoms with Crippen molar-refractivity contribution in [3.8, 4) is 11.3 Å². The van der Waals surface area contributed by atoms with Crippen LogP contribution in [0.2, 0.25) is 0 Å². The van der Waals surface area contributed by atoms with Crippen LogP contribution in [-0.4, -0.2) is 11.6 Å². The van der Waals surface area contributed by atoms with Gasteiger partial charge in [-0.15, -0.1) is 11.3 Å². The molecule has 0 saturated heterocycles. The molecule has 0 aliphatic heterocycles. The lowest BCUT2D eigenvalue weighted by molar-refractivity contribution is -0.0703. The molecule has 112 valence electrons. The van der Waals surface area contributed by atoms with Gasteiger partial charge >= 0.3 is 0 Å². The Balaban J connectivity index is 1.94. The van der Waals surface area contributed by atoms with Crippen molar-refractivity contribution in [3.05, 3.63) is 39.1 Å². The van der Waals surface area contributed by atoms with Crippen molar-refractivity contribution in [1.29, 1.82) is 0 Å². The summed E-state index contributed by atoms with van der Waals surface area (Å²) >= 11 is 5.36. The van der Waals surface area contributed by atoms with Crippen molar-refractivity contribution in [3.63, 3.8) is 0 Å². The highest BCUT2D eigenvalue weighted by Crippen LogP contribution is 2.43. The second-order valence-corrected chi connectivity index (χ2v) is 7.22. The molecule has 2 aromatic rings. The predicted molar refractivity (Wildman–Crippen MR) is 91.6 cm³/mol. The number of benzene rings is 1. The van der Waals surface area contributed by atoms with Crippen LogP contribution in [0.15, 0.2) is 34.1 Å². The second-order valence-electron chi connectivity index (χ2n) is 5.51. The Morgan fingerprint density at radius 1 is 1.24 bits per heavy atom. The zero-order valence-corrected chi connectivity index (χ0v) is 14.7. The first-order valence-electron chi connectivity index (χ1n) is 7.60. The molecule has 0 amide bonds. The molecule has 0 atom stereocenters. The Hall–Kier alpha value is -0.710. The number of rotatable bonds is 4. The quantitative estimate of drug-likeness (QED) is 0.685. The molecule has 1 aromatic carbocycles. The molecule has 1 saturated carbocycles. The number of hydrogen-bond donors (Lipinski definition) is 0. The van der Waals surface area contributed by atoms with Crippen LogP contribution in [-0.2, 0) is 10.3 Å². The third-order valence-corrected chi connectivity index (χ3v) is 5.84. The van der Waals surface area contributed by atoms with E-state index in [1.54, 1.807) is 11.3 Å². The lowest BCUT2D eigenvalue weighted by Crippen LogP contribution is -2.32. The number of thiazole rings is 1. The third-order valence-electron chi connectivity index (χ3n) is 4.13. The molecular formula is C17H20BrNOS. The topological polar surface area (TPSA) is 22.1 Å². The summed E-state index contributed by atoms with van der Waals surface area (Å²) in [6, 6.07) is 8.26. The summed E-state index contributed by atoms with van der Waals surface area (Å²) in [5.41, 5.74) is 2.06. The summed E-state index contributed by atoms with van der Waals surface area (Å²) in [4.78, 5) is 4.92. The highest BCUT2D eigenvalue weighted by Gasteiger charge is 2.37. The Morgan fingerprint density at radius 2 is 2.00 bits per heavy atom. The molecule has 2 nitrogen and oxygen atoms in total. The van der Waals surface area contributed by atoms with Gasteiger partial charge in [0.05, 0.1) is 5.69 Å². The van der Waals surface area contributed by atoms with Crippen LogP contribution in [0.5, 0.6) is 0 Å². The predicted octanol–water partition coefficient (Wildman–Crippen LogP) is 5.77. The van der Waals surface area contributed by atoms with Gasteiger partial charge in [0.2, 0.25) is 0 Å². The lowest BCUT2D eigenvalue weighted by Gasteiger charge is -2.35. The van der Waals surface area contributed by atoms with Gasteiger partial charge in [-0.25, -0.2) is 4.98 Å². The molecule has 4 heteroatoms. The van der Waals surface area contributed by atoms with Gasteiger partial charge in [-0.2, -0.15) is 0 Å². The Morgan fingerprint density at radius 3 is 2.71 bits per heavy atom. The average molecular weight is 366 g/mol. The fourth-order valence-corrected chi connectivity index (χ4v) is 4.61. The Labute approximate surface area is 138 Å². The van der Waals surface area contributed by atoms with Gasteiger partial charge in [-0.05, 0) is 25.8 Å². The van der Waals surface area contributed by atoms with Crippen LogP contribution in [0.1, 0.15) is 44.0 Å². The van der Waals surface area contributed by atoms with Gasteiger partial charge in [0, 0.05) is 22.0 Å². The van der Waals surface area contributed by atoms with E-state index in [1.807, 2.05) is 6.07 Å². The molecule has 1 aromatic heterocycles. The van der Waals surface area contributed by atoms with E-state index >= 15 is 0 Å². The highest BCUT2D eigenvalue weighted by molar-refractivity contribution is 9.10. The normalized spacial score (nSPS) is 17.8. The van der Waals surface area contributed by atoms with Crippen molar-refractivity contribution in [2.24, 2.45) is 0 Å². The molecule has 1 heterocycles. The fraction of sp³-hybridized carbons (Fsp3) is 0.471. The fourth-order valence-electron chi connectivity index (χ4n) is 3.09. The van der Waals surface area contributed by atoms with Gasteiger partial charge < -0.3 is 4.74 Å². The number of halogens is 1. The van der Waals surface area contributed by atoms with Gasteiger partial charge in [0.15, 0.2) is 0 Å². The Bertz CT molecular complexity index is 599. The van der Waals surface area contributed by atoms with Gasteiger partial charge in [0.1, 0.15) is 10.6 Å². The number of nitrogens with zero attached hydrogens (tertiary/aromatic N) is 1. The molecule has 0 spiro atoms. The molecule has 1 aliphatic carbocycles. The summed E-state index contributed by atoms with van der Waals surface area (Å²) in [7, 11) is 0. The Kier molecular flexibility index (Phi) is 4.77. The van der Waals surface area contributed by atoms with E-state index in [-0.39, 0.29) is 5.60 Å². The SMILES string of the molecule is CCOC1(c2nc(-c3ccccc3Br)cs2)CCCCC1. The summed E-state index contributed by atoms with van der Waals surface area (Å²) in [6.07, 6.45) is 6.00. The minimum atomic E-state index is -0.142. The van der Waals surface area contributed by atoms with E-state index in [9.17, 15) is 0 Å². The van der Waals surface area contributed by atoms with E-state index in [2.05, 4.69) is 46.4 Å². The van der Waals surface area contributed by atoms with E-state index in [0.29, 0.717) is 0 Å². The van der Waals surface area contributed by atoms with Crippen LogP contribution in [0.25, 0.3) is 11.3 Å². The highest BCUT2D eigenvalue weighted by atomic mass is 79.9. The lowest BCUT2D eigenvalue weighted by atomic mass is 9.85. The van der Waals surface area contributed by atoms with E-state index in [0.717, 1.165) is 40.2 Å². The molecule has 1 aliphatic rings. The van der Waals surface area contributed by atoms with Crippen molar-refractivity contribution >= 4 is 27.3 Å². The summed E-state index contributed by atoms with van der Waals surface area (Å²) in [5.74, 6) is 0. The van der Waals surface area contributed by atoms with Crippen molar-refractivity contribution in [1.82, 2.24) is 4.98 Å².